The van der Waals surface area contributed by atoms with E-state index in [0.29, 0.717) is 19.3 Å². The zero-order valence-electron chi connectivity index (χ0n) is 44.1. The summed E-state index contributed by atoms with van der Waals surface area (Å²) < 4.78 is 39.4. The number of carbonyl (C=O) groups is 3. The molecule has 0 saturated carbocycles. The SMILES string of the molecule is CCCCC/C=C\C/C=C\CCCCCCCCCC(=O)OC(COC(=O)CCCCCCCCCCCCCCCCC)COP(=O)(O)OCC(CO)OC(=O)CCCCCCCCCCC. The molecule has 68 heavy (non-hydrogen) atoms. The van der Waals surface area contributed by atoms with E-state index in [2.05, 4.69) is 45.1 Å². The number of ether oxygens (including phenoxy) is 3. The highest BCUT2D eigenvalue weighted by molar-refractivity contribution is 7.47. The summed E-state index contributed by atoms with van der Waals surface area (Å²) in [5.41, 5.74) is 0. The lowest BCUT2D eigenvalue weighted by molar-refractivity contribution is -0.161. The highest BCUT2D eigenvalue weighted by Crippen LogP contribution is 2.43. The Morgan fingerprint density at radius 3 is 1.12 bits per heavy atom. The molecule has 0 aliphatic heterocycles. The fourth-order valence-electron chi connectivity index (χ4n) is 8.03. The van der Waals surface area contributed by atoms with Crippen LogP contribution in [-0.4, -0.2) is 66.5 Å². The lowest BCUT2D eigenvalue weighted by Crippen LogP contribution is -2.30. The van der Waals surface area contributed by atoms with Crippen LogP contribution in [0.3, 0.4) is 0 Å². The Kier molecular flexibility index (Phi) is 49.8. The van der Waals surface area contributed by atoms with Crippen LogP contribution in [0.5, 0.6) is 0 Å². The van der Waals surface area contributed by atoms with Crippen LogP contribution in [0.25, 0.3) is 0 Å². The maximum Gasteiger partial charge on any atom is 0.472 e. The van der Waals surface area contributed by atoms with Crippen LogP contribution >= 0.6 is 7.82 Å². The van der Waals surface area contributed by atoms with Crippen molar-refractivity contribution >= 4 is 25.7 Å². The first kappa shape index (κ1) is 66.0. The maximum absolute atomic E-state index is 12.9. The van der Waals surface area contributed by atoms with Crippen LogP contribution in [-0.2, 0) is 42.2 Å². The van der Waals surface area contributed by atoms with Crippen molar-refractivity contribution in [3.8, 4) is 0 Å². The Morgan fingerprint density at radius 2 is 0.721 bits per heavy atom. The topological polar surface area (TPSA) is 155 Å². The Hall–Kier alpha value is -2.04. The second-order valence-corrected chi connectivity index (χ2v) is 20.6. The third kappa shape index (κ3) is 49.0. The quantitative estimate of drug-likeness (QED) is 0.0197. The Bertz CT molecular complexity index is 1240. The summed E-state index contributed by atoms with van der Waals surface area (Å²) in [5.74, 6) is -1.45. The molecule has 12 heteroatoms. The smallest absolute Gasteiger partial charge is 0.462 e. The molecular weight excluding hydrogens is 880 g/mol. The van der Waals surface area contributed by atoms with Gasteiger partial charge in [0.15, 0.2) is 6.10 Å². The van der Waals surface area contributed by atoms with E-state index in [0.717, 1.165) is 77.0 Å². The fourth-order valence-corrected chi connectivity index (χ4v) is 8.82. The van der Waals surface area contributed by atoms with Crippen LogP contribution < -0.4 is 0 Å². The lowest BCUT2D eigenvalue weighted by atomic mass is 10.0. The summed E-state index contributed by atoms with van der Waals surface area (Å²) in [5, 5.41) is 9.76. The maximum atomic E-state index is 12.9. The largest absolute Gasteiger partial charge is 0.472 e. The number of esters is 3. The van der Waals surface area contributed by atoms with Crippen LogP contribution in [0, 0.1) is 0 Å². The minimum absolute atomic E-state index is 0.164. The molecule has 0 aromatic heterocycles. The van der Waals surface area contributed by atoms with Gasteiger partial charge in [0.2, 0.25) is 0 Å². The zero-order valence-corrected chi connectivity index (χ0v) is 45.0. The Balaban J connectivity index is 4.70. The van der Waals surface area contributed by atoms with Gasteiger partial charge in [-0.1, -0.05) is 231 Å². The molecule has 0 radical (unpaired) electrons. The molecule has 0 rings (SSSR count). The van der Waals surface area contributed by atoms with Crippen molar-refractivity contribution in [2.45, 2.75) is 290 Å². The van der Waals surface area contributed by atoms with E-state index in [1.807, 2.05) is 0 Å². The average Bonchev–Trinajstić information content (AvgIpc) is 3.32. The molecule has 0 aromatic carbocycles. The van der Waals surface area contributed by atoms with Crippen molar-refractivity contribution in [2.24, 2.45) is 0 Å². The van der Waals surface area contributed by atoms with Gasteiger partial charge in [-0.2, -0.15) is 0 Å². The number of carbonyl (C=O) groups excluding carboxylic acids is 3. The molecule has 0 aromatic rings. The fraction of sp³-hybridized carbons (Fsp3) is 0.875. The zero-order chi connectivity index (χ0) is 49.9. The number of allylic oxidation sites excluding steroid dienone is 4. The van der Waals surface area contributed by atoms with E-state index in [4.69, 9.17) is 23.3 Å². The first-order valence-corrected chi connectivity index (χ1v) is 29.7. The van der Waals surface area contributed by atoms with Crippen LogP contribution in [0.4, 0.5) is 0 Å². The summed E-state index contributed by atoms with van der Waals surface area (Å²) in [6.45, 7) is 4.62. The lowest BCUT2D eigenvalue weighted by Gasteiger charge is -2.21. The van der Waals surface area contributed by atoms with E-state index in [1.165, 1.54) is 141 Å². The molecule has 0 spiro atoms. The number of rotatable bonds is 53. The molecule has 3 atom stereocenters. The van der Waals surface area contributed by atoms with Gasteiger partial charge in [0, 0.05) is 19.3 Å². The molecule has 0 fully saturated rings. The molecule has 0 saturated heterocycles. The van der Waals surface area contributed by atoms with Gasteiger partial charge in [-0.3, -0.25) is 23.4 Å². The second kappa shape index (κ2) is 51.3. The normalized spacial score (nSPS) is 13.5. The molecule has 0 amide bonds. The van der Waals surface area contributed by atoms with Crippen molar-refractivity contribution in [1.29, 1.82) is 0 Å². The van der Waals surface area contributed by atoms with E-state index in [1.54, 1.807) is 0 Å². The second-order valence-electron chi connectivity index (χ2n) is 19.1. The highest BCUT2D eigenvalue weighted by Gasteiger charge is 2.28. The number of phosphoric ester groups is 1. The molecule has 0 bridgehead atoms. The summed E-state index contributed by atoms with van der Waals surface area (Å²) in [7, 11) is -4.73. The van der Waals surface area contributed by atoms with Crippen molar-refractivity contribution in [1.82, 2.24) is 0 Å². The van der Waals surface area contributed by atoms with Gasteiger partial charge in [0.05, 0.1) is 19.8 Å². The average molecular weight is 985 g/mol. The summed E-state index contributed by atoms with van der Waals surface area (Å²) in [6, 6.07) is 0. The summed E-state index contributed by atoms with van der Waals surface area (Å²) in [6.07, 6.45) is 50.0. The predicted molar refractivity (Wildman–Crippen MR) is 280 cm³/mol. The molecule has 0 aliphatic carbocycles. The number of aliphatic hydroxyl groups is 1. The number of unbranched alkanes of at least 4 members (excludes halogenated alkanes) is 32. The first-order chi connectivity index (χ1) is 33.2. The van der Waals surface area contributed by atoms with E-state index in [-0.39, 0.29) is 25.9 Å². The standard InChI is InChI=1S/C56H105O11P/c1-4-7-10-13-16-19-21-23-25-26-28-30-32-35-38-41-44-47-56(60)67-53(49-63-54(58)45-42-39-36-34-31-29-27-24-22-20-17-14-11-8-5-2)51-65-68(61,62)64-50-52(48-57)66-55(59)46-43-40-37-33-18-15-12-9-6-3/h16,19,23,25,52-53,57H,4-15,17-18,20-22,24,26-51H2,1-3H3,(H,61,62)/b19-16-,25-23-. The van der Waals surface area contributed by atoms with E-state index in [9.17, 15) is 28.9 Å². The number of hydrogen-bond acceptors (Lipinski definition) is 10. The van der Waals surface area contributed by atoms with Gasteiger partial charge < -0.3 is 24.2 Å². The molecule has 400 valence electrons. The minimum atomic E-state index is -4.73. The summed E-state index contributed by atoms with van der Waals surface area (Å²) >= 11 is 0. The van der Waals surface area contributed by atoms with Crippen molar-refractivity contribution in [3.05, 3.63) is 24.3 Å². The molecule has 11 nitrogen and oxygen atoms in total. The molecular formula is C56H105O11P. The van der Waals surface area contributed by atoms with Crippen LogP contribution in [0.15, 0.2) is 24.3 Å². The van der Waals surface area contributed by atoms with Crippen LogP contribution in [0.2, 0.25) is 0 Å². The number of aliphatic hydroxyl groups excluding tert-OH is 1. The Labute approximate surface area is 417 Å². The van der Waals surface area contributed by atoms with Gasteiger partial charge >= 0.3 is 25.7 Å². The van der Waals surface area contributed by atoms with Crippen LogP contribution in [0.1, 0.15) is 278 Å². The van der Waals surface area contributed by atoms with E-state index < -0.39 is 57.8 Å². The third-order valence-corrected chi connectivity index (χ3v) is 13.3. The van der Waals surface area contributed by atoms with Gasteiger partial charge in [0.1, 0.15) is 12.7 Å². The van der Waals surface area contributed by atoms with Gasteiger partial charge in [-0.15, -0.1) is 0 Å². The number of phosphoric acid groups is 1. The first-order valence-electron chi connectivity index (χ1n) is 28.2. The van der Waals surface area contributed by atoms with Crippen molar-refractivity contribution in [3.63, 3.8) is 0 Å². The predicted octanol–water partition coefficient (Wildman–Crippen LogP) is 16.3. The van der Waals surface area contributed by atoms with Gasteiger partial charge in [0.25, 0.3) is 0 Å². The minimum Gasteiger partial charge on any atom is -0.462 e. The van der Waals surface area contributed by atoms with Gasteiger partial charge in [-0.05, 0) is 51.4 Å². The van der Waals surface area contributed by atoms with E-state index >= 15 is 0 Å². The molecule has 0 heterocycles. The third-order valence-electron chi connectivity index (χ3n) is 12.4. The highest BCUT2D eigenvalue weighted by atomic mass is 31.2. The number of hydrogen-bond donors (Lipinski definition) is 2. The van der Waals surface area contributed by atoms with Gasteiger partial charge in [-0.25, -0.2) is 4.57 Å². The summed E-state index contributed by atoms with van der Waals surface area (Å²) in [4.78, 5) is 48.4. The van der Waals surface area contributed by atoms with Crippen molar-refractivity contribution < 1.29 is 52.2 Å². The molecule has 2 N–H and O–H groups in total. The van der Waals surface area contributed by atoms with Crippen molar-refractivity contribution in [2.75, 3.05) is 26.4 Å². The Morgan fingerprint density at radius 1 is 0.412 bits per heavy atom. The molecule has 3 unspecified atom stereocenters. The molecule has 0 aliphatic rings. The monoisotopic (exact) mass is 985 g/mol.